The first-order valence-electron chi connectivity index (χ1n) is 12.4. The summed E-state index contributed by atoms with van der Waals surface area (Å²) >= 11 is 0. The maximum Gasteiger partial charge on any atom is 0.280 e. The normalized spacial score (nSPS) is 19.1. The molecule has 2 amide bonds. The second-order valence-electron chi connectivity index (χ2n) is 9.61. The van der Waals surface area contributed by atoms with Gasteiger partial charge in [-0.25, -0.2) is 0 Å². The summed E-state index contributed by atoms with van der Waals surface area (Å²) < 4.78 is 0.657. The summed E-state index contributed by atoms with van der Waals surface area (Å²) in [6.45, 7) is 3.97. The molecule has 1 saturated heterocycles. The van der Waals surface area contributed by atoms with E-state index in [1.807, 2.05) is 66.7 Å². The van der Waals surface area contributed by atoms with Gasteiger partial charge in [0.15, 0.2) is 6.04 Å². The third-order valence-electron chi connectivity index (χ3n) is 7.46. The zero-order valence-electron chi connectivity index (χ0n) is 20.2. The lowest BCUT2D eigenvalue weighted by Crippen LogP contribution is -2.67. The summed E-state index contributed by atoms with van der Waals surface area (Å²) in [5.41, 5.74) is 4.34. The van der Waals surface area contributed by atoms with Crippen LogP contribution in [0.2, 0.25) is 0 Å². The Bertz CT molecular complexity index is 1180. The van der Waals surface area contributed by atoms with E-state index in [0.717, 1.165) is 37.3 Å². The summed E-state index contributed by atoms with van der Waals surface area (Å²) in [4.78, 5) is 29.3. The quantitative estimate of drug-likeness (QED) is 0.546. The highest BCUT2D eigenvalue weighted by Gasteiger charge is 2.51. The Balaban J connectivity index is 1.41. The Kier molecular flexibility index (Phi) is 6.66. The van der Waals surface area contributed by atoms with Gasteiger partial charge in [-0.2, -0.15) is 0 Å². The largest absolute Gasteiger partial charge is 0.339 e. The number of fused-ring (bicyclic) bond motifs is 2. The van der Waals surface area contributed by atoms with Crippen molar-refractivity contribution < 1.29 is 9.59 Å². The SMILES string of the molecule is CN(Cc1ccccc1)C(=O)[C@@H](NC(=O)C1Cc2ccccc2[N+]12CCNCC2)c1ccccc1. The molecule has 2 atom stereocenters. The van der Waals surface area contributed by atoms with E-state index < -0.39 is 6.04 Å². The highest BCUT2D eigenvalue weighted by molar-refractivity contribution is 5.92. The number of hydrogen-bond acceptors (Lipinski definition) is 3. The Morgan fingerprint density at radius 1 is 0.943 bits per heavy atom. The zero-order chi connectivity index (χ0) is 24.3. The first-order valence-corrected chi connectivity index (χ1v) is 12.4. The van der Waals surface area contributed by atoms with E-state index in [2.05, 4.69) is 28.8 Å². The number of para-hydroxylation sites is 1. The first-order chi connectivity index (χ1) is 17.1. The Morgan fingerprint density at radius 2 is 1.57 bits per heavy atom. The molecule has 1 spiro atoms. The molecule has 2 aliphatic heterocycles. The smallest absolute Gasteiger partial charge is 0.280 e. The van der Waals surface area contributed by atoms with Crippen molar-refractivity contribution in [3.05, 3.63) is 102 Å². The van der Waals surface area contributed by atoms with Crippen LogP contribution >= 0.6 is 0 Å². The molecule has 1 unspecified atom stereocenters. The van der Waals surface area contributed by atoms with Gasteiger partial charge in [-0.15, -0.1) is 0 Å². The van der Waals surface area contributed by atoms with Crippen LogP contribution in [0, 0.1) is 0 Å². The lowest BCUT2D eigenvalue weighted by molar-refractivity contribution is -0.137. The summed E-state index contributed by atoms with van der Waals surface area (Å²) in [6, 6.07) is 26.9. The maximum atomic E-state index is 13.9. The number of likely N-dealkylation sites (N-methyl/N-ethyl adjacent to an activating group) is 1. The molecular formula is C29H33N4O2+. The van der Waals surface area contributed by atoms with E-state index in [0.29, 0.717) is 17.4 Å². The number of carbonyl (C=O) groups is 2. The number of hydrogen-bond donors (Lipinski definition) is 2. The van der Waals surface area contributed by atoms with Crippen LogP contribution in [0.15, 0.2) is 84.9 Å². The Morgan fingerprint density at radius 3 is 2.29 bits per heavy atom. The van der Waals surface area contributed by atoms with E-state index in [4.69, 9.17) is 0 Å². The third-order valence-corrected chi connectivity index (χ3v) is 7.46. The molecule has 180 valence electrons. The zero-order valence-corrected chi connectivity index (χ0v) is 20.2. The van der Waals surface area contributed by atoms with Gasteiger partial charge in [0.25, 0.3) is 5.91 Å². The molecule has 2 N–H and O–H groups in total. The maximum absolute atomic E-state index is 13.9. The highest BCUT2D eigenvalue weighted by atomic mass is 16.2. The van der Waals surface area contributed by atoms with Crippen LogP contribution in [0.5, 0.6) is 0 Å². The summed E-state index contributed by atoms with van der Waals surface area (Å²) in [7, 11) is 1.80. The molecule has 6 heteroatoms. The van der Waals surface area contributed by atoms with Gasteiger partial charge in [0.2, 0.25) is 5.91 Å². The highest BCUT2D eigenvalue weighted by Crippen LogP contribution is 2.39. The lowest BCUT2D eigenvalue weighted by Gasteiger charge is -2.42. The Labute approximate surface area is 207 Å². The Hall–Kier alpha value is -3.48. The number of rotatable bonds is 6. The molecule has 0 saturated carbocycles. The average molecular weight is 470 g/mol. The molecular weight excluding hydrogens is 436 g/mol. The fourth-order valence-electron chi connectivity index (χ4n) is 5.66. The van der Waals surface area contributed by atoms with Crippen molar-refractivity contribution in [1.82, 2.24) is 20.0 Å². The van der Waals surface area contributed by atoms with E-state index in [1.54, 1.807) is 11.9 Å². The fourth-order valence-corrected chi connectivity index (χ4v) is 5.66. The van der Waals surface area contributed by atoms with Crippen molar-refractivity contribution >= 4 is 17.5 Å². The van der Waals surface area contributed by atoms with Crippen LogP contribution in [0.1, 0.15) is 22.7 Å². The molecule has 5 rings (SSSR count). The monoisotopic (exact) mass is 469 g/mol. The van der Waals surface area contributed by atoms with Gasteiger partial charge in [-0.05, 0) is 17.2 Å². The second kappa shape index (κ2) is 10.0. The first kappa shape index (κ1) is 23.3. The number of amides is 2. The van der Waals surface area contributed by atoms with Gasteiger partial charge in [-0.1, -0.05) is 78.9 Å². The molecule has 2 aliphatic rings. The summed E-state index contributed by atoms with van der Waals surface area (Å²) in [5.74, 6) is -0.172. The van der Waals surface area contributed by atoms with Gasteiger partial charge >= 0.3 is 0 Å². The number of nitrogens with one attached hydrogen (secondary N) is 2. The van der Waals surface area contributed by atoms with Gasteiger partial charge < -0.3 is 15.5 Å². The predicted octanol–water partition coefficient (Wildman–Crippen LogP) is 3.04. The van der Waals surface area contributed by atoms with E-state index in [1.165, 1.54) is 11.3 Å². The van der Waals surface area contributed by atoms with E-state index in [9.17, 15) is 9.59 Å². The van der Waals surface area contributed by atoms with E-state index in [-0.39, 0.29) is 17.9 Å². The molecule has 2 heterocycles. The topological polar surface area (TPSA) is 61.4 Å². The van der Waals surface area contributed by atoms with Crippen LogP contribution in [0.25, 0.3) is 0 Å². The molecule has 6 nitrogen and oxygen atoms in total. The van der Waals surface area contributed by atoms with Crippen LogP contribution < -0.4 is 15.1 Å². The molecule has 35 heavy (non-hydrogen) atoms. The third kappa shape index (κ3) is 4.59. The predicted molar refractivity (Wildman–Crippen MR) is 139 cm³/mol. The van der Waals surface area contributed by atoms with Crippen molar-refractivity contribution in [3.8, 4) is 0 Å². The van der Waals surface area contributed by atoms with Crippen molar-refractivity contribution in [2.75, 3.05) is 33.2 Å². The molecule has 0 bridgehead atoms. The average Bonchev–Trinajstić information content (AvgIpc) is 3.22. The van der Waals surface area contributed by atoms with E-state index >= 15 is 0 Å². The van der Waals surface area contributed by atoms with Crippen LogP contribution in [0.3, 0.4) is 0 Å². The molecule has 0 aromatic heterocycles. The second-order valence-corrected chi connectivity index (χ2v) is 9.61. The minimum Gasteiger partial charge on any atom is -0.339 e. The molecule has 0 radical (unpaired) electrons. The van der Waals surface area contributed by atoms with Gasteiger partial charge in [0, 0.05) is 38.7 Å². The lowest BCUT2D eigenvalue weighted by atomic mass is 10.0. The molecule has 3 aromatic carbocycles. The van der Waals surface area contributed by atoms with Crippen LogP contribution in [0.4, 0.5) is 5.69 Å². The fraction of sp³-hybridized carbons (Fsp3) is 0.310. The number of quaternary nitrogens is 1. The van der Waals surface area contributed by atoms with Crippen LogP contribution in [-0.4, -0.2) is 56.0 Å². The number of benzene rings is 3. The minimum atomic E-state index is -0.732. The van der Waals surface area contributed by atoms with Crippen molar-refractivity contribution in [2.24, 2.45) is 0 Å². The van der Waals surface area contributed by atoms with Crippen molar-refractivity contribution in [1.29, 1.82) is 0 Å². The molecule has 3 aromatic rings. The standard InChI is InChI=1S/C29H32N4O2/c1-32(21-22-10-4-2-5-11-22)29(35)27(23-12-6-3-7-13-23)31-28(34)26-20-24-14-8-9-15-25(24)33(26)18-16-30-17-19-33/h2-15,26-27,30H,16-21H2,1H3/p+1/t26?,27-/m0/s1. The summed E-state index contributed by atoms with van der Waals surface area (Å²) in [5, 5.41) is 6.62. The molecule has 0 aliphatic carbocycles. The van der Waals surface area contributed by atoms with Gasteiger partial charge in [0.05, 0.1) is 13.1 Å². The van der Waals surface area contributed by atoms with Gasteiger partial charge in [-0.3, -0.25) is 14.1 Å². The van der Waals surface area contributed by atoms with Crippen LogP contribution in [-0.2, 0) is 22.6 Å². The number of carbonyl (C=O) groups excluding carboxylic acids is 2. The summed E-state index contributed by atoms with van der Waals surface area (Å²) in [6.07, 6.45) is 0.692. The molecule has 1 fully saturated rings. The minimum absolute atomic E-state index is 0.0570. The number of nitrogens with zero attached hydrogens (tertiary/aromatic N) is 2. The van der Waals surface area contributed by atoms with Crippen molar-refractivity contribution in [3.63, 3.8) is 0 Å². The van der Waals surface area contributed by atoms with Crippen molar-refractivity contribution in [2.45, 2.75) is 25.0 Å². The number of piperazine rings is 1. The van der Waals surface area contributed by atoms with Gasteiger partial charge in [0.1, 0.15) is 11.7 Å².